The molecule has 0 aliphatic carbocycles. The van der Waals surface area contributed by atoms with E-state index in [1.165, 1.54) is 42.3 Å². The van der Waals surface area contributed by atoms with Crippen molar-refractivity contribution in [1.29, 1.82) is 0 Å². The SMILES string of the molecule is Cc1cc(N2CCCCC2)ccc1/C=C1/SC(=NC(C)C)N(C(C)C)C1=O. The number of amides is 1. The molecule has 5 heteroatoms. The normalized spacial score (nSPS) is 21.4. The third-order valence-electron chi connectivity index (χ3n) is 4.98. The number of hydrogen-bond donors (Lipinski definition) is 0. The molecule has 2 aliphatic heterocycles. The second-order valence-corrected chi connectivity index (χ2v) is 8.98. The minimum atomic E-state index is 0.0638. The first-order valence-electron chi connectivity index (χ1n) is 10.0. The van der Waals surface area contributed by atoms with Crippen LogP contribution in [0.25, 0.3) is 6.08 Å². The molecular formula is C22H31N3OS. The molecule has 2 fully saturated rings. The Balaban J connectivity index is 1.86. The quantitative estimate of drug-likeness (QED) is 0.679. The van der Waals surface area contributed by atoms with E-state index in [-0.39, 0.29) is 18.0 Å². The van der Waals surface area contributed by atoms with Crippen LogP contribution in [0.5, 0.6) is 0 Å². The lowest BCUT2D eigenvalue weighted by Crippen LogP contribution is -2.35. The van der Waals surface area contributed by atoms with Crippen LogP contribution < -0.4 is 4.90 Å². The zero-order valence-corrected chi connectivity index (χ0v) is 18.0. The first-order chi connectivity index (χ1) is 12.9. The predicted octanol–water partition coefficient (Wildman–Crippen LogP) is 5.07. The Morgan fingerprint density at radius 1 is 1.11 bits per heavy atom. The molecule has 0 atom stereocenters. The Labute approximate surface area is 167 Å². The van der Waals surface area contributed by atoms with E-state index < -0.39 is 0 Å². The van der Waals surface area contributed by atoms with Gasteiger partial charge in [0.25, 0.3) is 5.91 Å². The first-order valence-corrected chi connectivity index (χ1v) is 10.8. The Morgan fingerprint density at radius 3 is 2.41 bits per heavy atom. The third-order valence-corrected chi connectivity index (χ3v) is 5.98. The number of anilines is 1. The number of carbonyl (C=O) groups excluding carboxylic acids is 1. The molecule has 2 heterocycles. The number of hydrogen-bond acceptors (Lipinski definition) is 4. The van der Waals surface area contributed by atoms with Gasteiger partial charge in [-0.15, -0.1) is 0 Å². The number of thioether (sulfide) groups is 1. The van der Waals surface area contributed by atoms with Crippen LogP contribution in [0.2, 0.25) is 0 Å². The zero-order valence-electron chi connectivity index (χ0n) is 17.2. The van der Waals surface area contributed by atoms with Gasteiger partial charge >= 0.3 is 0 Å². The van der Waals surface area contributed by atoms with E-state index in [0.717, 1.165) is 28.7 Å². The molecule has 0 spiro atoms. The fourth-order valence-electron chi connectivity index (χ4n) is 3.56. The van der Waals surface area contributed by atoms with Gasteiger partial charge in [0.05, 0.1) is 4.91 Å². The van der Waals surface area contributed by atoms with E-state index in [2.05, 4.69) is 35.0 Å². The van der Waals surface area contributed by atoms with Crippen LogP contribution in [0.1, 0.15) is 58.1 Å². The van der Waals surface area contributed by atoms with Gasteiger partial charge in [0.1, 0.15) is 0 Å². The van der Waals surface area contributed by atoms with Crippen molar-refractivity contribution in [2.75, 3.05) is 18.0 Å². The van der Waals surface area contributed by atoms with Gasteiger partial charge in [-0.1, -0.05) is 6.07 Å². The lowest BCUT2D eigenvalue weighted by molar-refractivity contribution is -0.123. The smallest absolute Gasteiger partial charge is 0.266 e. The maximum Gasteiger partial charge on any atom is 0.266 e. The third kappa shape index (κ3) is 4.57. The summed E-state index contributed by atoms with van der Waals surface area (Å²) in [5, 5.41) is 0.818. The van der Waals surface area contributed by atoms with Crippen molar-refractivity contribution in [3.8, 4) is 0 Å². The highest BCUT2D eigenvalue weighted by molar-refractivity contribution is 8.18. The van der Waals surface area contributed by atoms with E-state index >= 15 is 0 Å². The Bertz CT molecular complexity index is 761. The molecule has 1 aromatic carbocycles. The second kappa shape index (κ2) is 8.51. The average Bonchev–Trinajstić information content (AvgIpc) is 2.92. The molecule has 0 aromatic heterocycles. The van der Waals surface area contributed by atoms with Crippen LogP contribution in [-0.2, 0) is 4.79 Å². The summed E-state index contributed by atoms with van der Waals surface area (Å²) in [7, 11) is 0. The van der Waals surface area contributed by atoms with Gasteiger partial charge in [-0.2, -0.15) is 0 Å². The van der Waals surface area contributed by atoms with E-state index in [1.807, 2.05) is 38.7 Å². The number of aliphatic imine (C=N–C) groups is 1. The second-order valence-electron chi connectivity index (χ2n) is 7.97. The fourth-order valence-corrected chi connectivity index (χ4v) is 4.79. The summed E-state index contributed by atoms with van der Waals surface area (Å²) in [5.41, 5.74) is 3.62. The lowest BCUT2D eigenvalue weighted by atomic mass is 10.0. The molecule has 1 amide bonds. The van der Waals surface area contributed by atoms with Crippen molar-refractivity contribution in [1.82, 2.24) is 4.90 Å². The minimum absolute atomic E-state index is 0.0638. The molecule has 3 rings (SSSR count). The van der Waals surface area contributed by atoms with E-state index in [9.17, 15) is 4.79 Å². The predicted molar refractivity (Wildman–Crippen MR) is 117 cm³/mol. The Kier molecular flexibility index (Phi) is 6.30. The fraction of sp³-hybridized carbons (Fsp3) is 0.545. The summed E-state index contributed by atoms with van der Waals surface area (Å²) >= 11 is 1.50. The van der Waals surface area contributed by atoms with Gasteiger partial charge in [0.2, 0.25) is 0 Å². The van der Waals surface area contributed by atoms with E-state index in [0.29, 0.717) is 0 Å². The molecule has 0 unspecified atom stereocenters. The van der Waals surface area contributed by atoms with Crippen LogP contribution in [0, 0.1) is 6.92 Å². The van der Waals surface area contributed by atoms with Gasteiger partial charge in [0.15, 0.2) is 5.17 Å². The summed E-state index contributed by atoms with van der Waals surface area (Å²) in [6, 6.07) is 6.88. The summed E-state index contributed by atoms with van der Waals surface area (Å²) in [5.74, 6) is 0.0638. The molecule has 0 bridgehead atoms. The minimum Gasteiger partial charge on any atom is -0.372 e. The molecule has 0 radical (unpaired) electrons. The van der Waals surface area contributed by atoms with Gasteiger partial charge in [-0.05, 0) is 95.0 Å². The molecular weight excluding hydrogens is 354 g/mol. The summed E-state index contributed by atoms with van der Waals surface area (Å²) < 4.78 is 0. The number of rotatable bonds is 4. The Morgan fingerprint density at radius 2 is 1.81 bits per heavy atom. The van der Waals surface area contributed by atoms with Crippen molar-refractivity contribution < 1.29 is 4.79 Å². The molecule has 146 valence electrons. The summed E-state index contributed by atoms with van der Waals surface area (Å²) in [4.78, 5) is 22.6. The van der Waals surface area contributed by atoms with Gasteiger partial charge < -0.3 is 4.90 Å². The zero-order chi connectivity index (χ0) is 19.6. The van der Waals surface area contributed by atoms with Gasteiger partial charge in [-0.25, -0.2) is 0 Å². The number of nitrogens with zero attached hydrogens (tertiary/aromatic N) is 3. The van der Waals surface area contributed by atoms with Gasteiger partial charge in [0, 0.05) is 30.9 Å². The highest BCUT2D eigenvalue weighted by atomic mass is 32.2. The number of piperidine rings is 1. The molecule has 27 heavy (non-hydrogen) atoms. The van der Waals surface area contributed by atoms with Crippen molar-refractivity contribution >= 4 is 34.6 Å². The van der Waals surface area contributed by atoms with Gasteiger partial charge in [-0.3, -0.25) is 14.7 Å². The number of benzene rings is 1. The van der Waals surface area contributed by atoms with Crippen LogP contribution >= 0.6 is 11.8 Å². The topological polar surface area (TPSA) is 35.9 Å². The molecule has 2 aliphatic rings. The van der Waals surface area contributed by atoms with Crippen LogP contribution in [0.4, 0.5) is 5.69 Å². The molecule has 0 saturated carbocycles. The lowest BCUT2D eigenvalue weighted by Gasteiger charge is -2.29. The van der Waals surface area contributed by atoms with E-state index in [4.69, 9.17) is 0 Å². The standard InChI is InChI=1S/C22H31N3OS/c1-15(2)23-22-25(16(3)4)21(26)20(27-22)14-18-9-10-19(13-17(18)5)24-11-7-6-8-12-24/h9-10,13-16H,6-8,11-12H2,1-5H3/b20-14+,23-22?. The highest BCUT2D eigenvalue weighted by Crippen LogP contribution is 2.35. The van der Waals surface area contributed by atoms with Crippen molar-refractivity contribution in [3.05, 3.63) is 34.2 Å². The molecule has 2 saturated heterocycles. The van der Waals surface area contributed by atoms with Crippen molar-refractivity contribution in [3.63, 3.8) is 0 Å². The summed E-state index contributed by atoms with van der Waals surface area (Å²) in [6.07, 6.45) is 5.92. The highest BCUT2D eigenvalue weighted by Gasteiger charge is 2.35. The van der Waals surface area contributed by atoms with E-state index in [1.54, 1.807) is 0 Å². The first kappa shape index (κ1) is 20.0. The largest absolute Gasteiger partial charge is 0.372 e. The van der Waals surface area contributed by atoms with Crippen LogP contribution in [-0.4, -0.2) is 41.1 Å². The molecule has 4 nitrogen and oxygen atoms in total. The van der Waals surface area contributed by atoms with Crippen LogP contribution in [0.3, 0.4) is 0 Å². The number of carbonyl (C=O) groups is 1. The molecule has 0 N–H and O–H groups in total. The number of amidine groups is 1. The van der Waals surface area contributed by atoms with Crippen molar-refractivity contribution in [2.24, 2.45) is 4.99 Å². The average molecular weight is 386 g/mol. The maximum atomic E-state index is 12.9. The Hall–Kier alpha value is -1.75. The van der Waals surface area contributed by atoms with Crippen molar-refractivity contribution in [2.45, 2.75) is 66.0 Å². The van der Waals surface area contributed by atoms with Crippen LogP contribution in [0.15, 0.2) is 28.1 Å². The maximum absolute atomic E-state index is 12.9. The molecule has 1 aromatic rings. The number of aryl methyl sites for hydroxylation is 1. The summed E-state index contributed by atoms with van der Waals surface area (Å²) in [6.45, 7) is 12.6. The monoisotopic (exact) mass is 385 g/mol.